The van der Waals surface area contributed by atoms with Crippen molar-refractivity contribution in [1.82, 2.24) is 0 Å². The van der Waals surface area contributed by atoms with Crippen molar-refractivity contribution in [3.05, 3.63) is 5.56 Å². The smallest absolute Gasteiger partial charge is 0.0718 e. The zero-order valence-electron chi connectivity index (χ0n) is 8.83. The van der Waals surface area contributed by atoms with Crippen LogP contribution in [-0.2, 0) is 6.54 Å². The molecule has 0 aliphatic rings. The Balaban J connectivity index is 3.57. The van der Waals surface area contributed by atoms with Crippen LogP contribution >= 0.6 is 23.5 Å². The van der Waals surface area contributed by atoms with Crippen LogP contribution in [0.15, 0.2) is 9.79 Å². The molecule has 0 aromatic heterocycles. The van der Waals surface area contributed by atoms with Gasteiger partial charge >= 0.3 is 0 Å². The van der Waals surface area contributed by atoms with Crippen LogP contribution < -0.4 is 22.9 Å². The van der Waals surface area contributed by atoms with Gasteiger partial charge in [0.05, 0.1) is 22.0 Å². The molecular weight excluding hydrogens is 228 g/mol. The SMILES string of the molecule is CSc1c(N)c(N)c(SC)c(CN)c1N. The van der Waals surface area contributed by atoms with E-state index in [4.69, 9.17) is 22.9 Å². The molecule has 0 heterocycles. The van der Waals surface area contributed by atoms with Crippen LogP contribution in [0.4, 0.5) is 17.1 Å². The van der Waals surface area contributed by atoms with E-state index in [1.807, 2.05) is 12.5 Å². The molecule has 0 atom stereocenters. The summed E-state index contributed by atoms with van der Waals surface area (Å²) in [6.45, 7) is 0.375. The lowest BCUT2D eigenvalue weighted by Crippen LogP contribution is -2.10. The summed E-state index contributed by atoms with van der Waals surface area (Å²) in [6, 6.07) is 0. The van der Waals surface area contributed by atoms with Crippen molar-refractivity contribution in [2.24, 2.45) is 5.73 Å². The lowest BCUT2D eigenvalue weighted by molar-refractivity contribution is 1.03. The minimum Gasteiger partial charge on any atom is -0.397 e. The summed E-state index contributed by atoms with van der Waals surface area (Å²) in [5.74, 6) is 0. The second-order valence-electron chi connectivity index (χ2n) is 2.99. The highest BCUT2D eigenvalue weighted by atomic mass is 32.2. The third-order valence-electron chi connectivity index (χ3n) is 2.24. The number of nitrogen functional groups attached to an aromatic ring is 3. The van der Waals surface area contributed by atoms with Gasteiger partial charge < -0.3 is 22.9 Å². The highest BCUT2D eigenvalue weighted by Crippen LogP contribution is 2.43. The van der Waals surface area contributed by atoms with Crippen molar-refractivity contribution >= 4 is 40.6 Å². The molecule has 1 aromatic carbocycles. The van der Waals surface area contributed by atoms with Crippen molar-refractivity contribution in [3.63, 3.8) is 0 Å². The normalized spacial score (nSPS) is 10.6. The van der Waals surface area contributed by atoms with E-state index in [0.717, 1.165) is 15.4 Å². The molecule has 84 valence electrons. The molecule has 0 saturated carbocycles. The number of benzene rings is 1. The molecule has 15 heavy (non-hydrogen) atoms. The minimum atomic E-state index is 0.375. The molecule has 4 nitrogen and oxygen atoms in total. The number of anilines is 3. The van der Waals surface area contributed by atoms with E-state index >= 15 is 0 Å². The molecule has 0 amide bonds. The van der Waals surface area contributed by atoms with E-state index in [-0.39, 0.29) is 0 Å². The number of thioether (sulfide) groups is 2. The fourth-order valence-corrected chi connectivity index (χ4v) is 2.91. The van der Waals surface area contributed by atoms with Crippen molar-refractivity contribution in [1.29, 1.82) is 0 Å². The highest BCUT2D eigenvalue weighted by molar-refractivity contribution is 7.99. The number of hydrogen-bond acceptors (Lipinski definition) is 6. The van der Waals surface area contributed by atoms with Gasteiger partial charge in [-0.3, -0.25) is 0 Å². The van der Waals surface area contributed by atoms with Crippen LogP contribution in [0.5, 0.6) is 0 Å². The van der Waals surface area contributed by atoms with Gasteiger partial charge in [0.15, 0.2) is 0 Å². The molecule has 6 heteroatoms. The second kappa shape index (κ2) is 4.87. The lowest BCUT2D eigenvalue weighted by atomic mass is 10.1. The Morgan fingerprint density at radius 1 is 0.867 bits per heavy atom. The van der Waals surface area contributed by atoms with E-state index in [9.17, 15) is 0 Å². The monoisotopic (exact) mass is 244 g/mol. The molecule has 0 fully saturated rings. The summed E-state index contributed by atoms with van der Waals surface area (Å²) >= 11 is 3.01. The van der Waals surface area contributed by atoms with Gasteiger partial charge in [-0.15, -0.1) is 23.5 Å². The predicted octanol–water partition coefficient (Wildman–Crippen LogP) is 1.34. The Hall–Kier alpha value is -0.720. The summed E-state index contributed by atoms with van der Waals surface area (Å²) in [6.07, 6.45) is 3.85. The summed E-state index contributed by atoms with van der Waals surface area (Å²) in [5, 5.41) is 0. The van der Waals surface area contributed by atoms with E-state index in [1.165, 1.54) is 23.5 Å². The van der Waals surface area contributed by atoms with Crippen LogP contribution in [0.25, 0.3) is 0 Å². The molecule has 0 aliphatic carbocycles. The zero-order chi connectivity index (χ0) is 11.6. The van der Waals surface area contributed by atoms with Crippen LogP contribution in [0.3, 0.4) is 0 Å². The maximum absolute atomic E-state index is 6.00. The first-order valence-electron chi connectivity index (χ1n) is 4.35. The van der Waals surface area contributed by atoms with E-state index < -0.39 is 0 Å². The van der Waals surface area contributed by atoms with E-state index in [2.05, 4.69) is 0 Å². The van der Waals surface area contributed by atoms with E-state index in [1.54, 1.807) is 0 Å². The fraction of sp³-hybridized carbons (Fsp3) is 0.333. The van der Waals surface area contributed by atoms with Gasteiger partial charge in [0.2, 0.25) is 0 Å². The highest BCUT2D eigenvalue weighted by Gasteiger charge is 2.17. The first-order chi connectivity index (χ1) is 7.08. The Labute approximate surface area is 98.1 Å². The molecule has 0 spiro atoms. The van der Waals surface area contributed by atoms with Crippen LogP contribution in [0, 0.1) is 0 Å². The minimum absolute atomic E-state index is 0.375. The molecule has 0 radical (unpaired) electrons. The summed E-state index contributed by atoms with van der Waals surface area (Å²) in [7, 11) is 0. The Kier molecular flexibility index (Phi) is 4.01. The van der Waals surface area contributed by atoms with Gasteiger partial charge in [-0.05, 0) is 12.5 Å². The van der Waals surface area contributed by atoms with Gasteiger partial charge in [0, 0.05) is 17.0 Å². The maximum atomic E-state index is 6.00. The van der Waals surface area contributed by atoms with Gasteiger partial charge in [0.1, 0.15) is 0 Å². The second-order valence-corrected chi connectivity index (χ2v) is 4.62. The first-order valence-corrected chi connectivity index (χ1v) is 6.80. The van der Waals surface area contributed by atoms with Gasteiger partial charge in [-0.1, -0.05) is 0 Å². The molecule has 0 saturated heterocycles. The third-order valence-corrected chi connectivity index (χ3v) is 3.96. The molecule has 1 aromatic rings. The largest absolute Gasteiger partial charge is 0.397 e. The van der Waals surface area contributed by atoms with Gasteiger partial charge in [-0.2, -0.15) is 0 Å². The summed E-state index contributed by atoms with van der Waals surface area (Å²) in [4.78, 5) is 1.72. The molecule has 1 rings (SSSR count). The predicted molar refractivity (Wildman–Crippen MR) is 71.1 cm³/mol. The van der Waals surface area contributed by atoms with Crippen molar-refractivity contribution < 1.29 is 0 Å². The molecule has 0 bridgehead atoms. The third kappa shape index (κ3) is 1.97. The maximum Gasteiger partial charge on any atom is 0.0718 e. The molecule has 0 aliphatic heterocycles. The molecule has 0 unspecified atom stereocenters. The summed E-state index contributed by atoms with van der Waals surface area (Å²) < 4.78 is 0. The number of hydrogen-bond donors (Lipinski definition) is 4. The van der Waals surface area contributed by atoms with Gasteiger partial charge in [-0.25, -0.2) is 0 Å². The van der Waals surface area contributed by atoms with Gasteiger partial charge in [0.25, 0.3) is 0 Å². The van der Waals surface area contributed by atoms with E-state index in [0.29, 0.717) is 23.6 Å². The quantitative estimate of drug-likeness (QED) is 0.472. The Morgan fingerprint density at radius 3 is 1.73 bits per heavy atom. The first kappa shape index (κ1) is 12.4. The van der Waals surface area contributed by atoms with Crippen molar-refractivity contribution in [2.75, 3.05) is 29.7 Å². The average Bonchev–Trinajstić information content (AvgIpc) is 2.23. The topological polar surface area (TPSA) is 104 Å². The fourth-order valence-electron chi connectivity index (χ4n) is 1.47. The standard InChI is InChI=1S/C9H16N4S2/c1-14-8-4(3-10)5(11)9(15-2)7(13)6(8)12/h3,10-13H2,1-2H3. The number of rotatable bonds is 3. The van der Waals surface area contributed by atoms with Crippen molar-refractivity contribution in [2.45, 2.75) is 16.3 Å². The van der Waals surface area contributed by atoms with Crippen LogP contribution in [0.1, 0.15) is 5.56 Å². The zero-order valence-corrected chi connectivity index (χ0v) is 10.5. The average molecular weight is 244 g/mol. The van der Waals surface area contributed by atoms with Crippen molar-refractivity contribution in [3.8, 4) is 0 Å². The summed E-state index contributed by atoms with van der Waals surface area (Å²) in [5.41, 5.74) is 26.2. The number of nitrogens with two attached hydrogens (primary N) is 4. The van der Waals surface area contributed by atoms with Crippen LogP contribution in [-0.4, -0.2) is 12.5 Å². The Morgan fingerprint density at radius 2 is 1.33 bits per heavy atom. The Bertz CT molecular complexity index is 379. The lowest BCUT2D eigenvalue weighted by Gasteiger charge is -2.18. The van der Waals surface area contributed by atoms with Crippen LogP contribution in [0.2, 0.25) is 0 Å². The molecular formula is C9H16N4S2. The molecule has 8 N–H and O–H groups in total.